The van der Waals surface area contributed by atoms with Gasteiger partial charge in [-0.05, 0) is 17.5 Å². The van der Waals surface area contributed by atoms with E-state index in [0.29, 0.717) is 17.9 Å². The van der Waals surface area contributed by atoms with Gasteiger partial charge in [-0.1, -0.05) is 20.8 Å². The molecular formula is C15H23NO3. The van der Waals surface area contributed by atoms with E-state index >= 15 is 0 Å². The molecule has 0 bridgehead atoms. The Bertz CT molecular complexity index is 449. The maximum absolute atomic E-state index is 12.2. The summed E-state index contributed by atoms with van der Waals surface area (Å²) in [5, 5.41) is 0. The quantitative estimate of drug-likeness (QED) is 0.839. The van der Waals surface area contributed by atoms with Gasteiger partial charge in [0.15, 0.2) is 11.5 Å². The zero-order valence-corrected chi connectivity index (χ0v) is 12.6. The first-order valence-electron chi connectivity index (χ1n) is 6.27. The van der Waals surface area contributed by atoms with E-state index in [1.54, 1.807) is 38.3 Å². The molecule has 0 saturated carbocycles. The Kier molecular flexibility index (Phi) is 4.81. The van der Waals surface area contributed by atoms with Crippen LogP contribution in [0.4, 0.5) is 5.69 Å². The Hall–Kier alpha value is -1.71. The van der Waals surface area contributed by atoms with Crippen molar-refractivity contribution >= 4 is 11.6 Å². The fourth-order valence-electron chi connectivity index (χ4n) is 1.75. The van der Waals surface area contributed by atoms with Gasteiger partial charge in [-0.25, -0.2) is 0 Å². The first-order valence-corrected chi connectivity index (χ1v) is 6.27. The van der Waals surface area contributed by atoms with Crippen LogP contribution in [0.25, 0.3) is 0 Å². The first kappa shape index (κ1) is 15.3. The molecule has 1 aromatic rings. The average Bonchev–Trinajstić information content (AvgIpc) is 2.34. The van der Waals surface area contributed by atoms with Gasteiger partial charge in [-0.15, -0.1) is 0 Å². The largest absolute Gasteiger partial charge is 0.493 e. The average molecular weight is 265 g/mol. The van der Waals surface area contributed by atoms with Crippen LogP contribution < -0.4 is 14.4 Å². The zero-order valence-electron chi connectivity index (χ0n) is 12.6. The number of amides is 1. The summed E-state index contributed by atoms with van der Waals surface area (Å²) in [6.45, 7) is 6.15. The fourth-order valence-corrected chi connectivity index (χ4v) is 1.75. The number of nitrogens with zero attached hydrogens (tertiary/aromatic N) is 1. The van der Waals surface area contributed by atoms with E-state index in [0.717, 1.165) is 5.69 Å². The lowest BCUT2D eigenvalue weighted by Crippen LogP contribution is -2.29. The highest BCUT2D eigenvalue weighted by Gasteiger charge is 2.20. The van der Waals surface area contributed by atoms with Crippen LogP contribution in [-0.4, -0.2) is 27.2 Å². The number of ether oxygens (including phenoxy) is 2. The number of carbonyl (C=O) groups excluding carboxylic acids is 1. The topological polar surface area (TPSA) is 38.8 Å². The van der Waals surface area contributed by atoms with Crippen molar-refractivity contribution < 1.29 is 14.3 Å². The second-order valence-electron chi connectivity index (χ2n) is 5.73. The molecule has 0 N–H and O–H groups in total. The van der Waals surface area contributed by atoms with Crippen LogP contribution in [0.15, 0.2) is 18.2 Å². The third-order valence-corrected chi connectivity index (χ3v) is 2.81. The molecule has 0 atom stereocenters. The molecule has 106 valence electrons. The van der Waals surface area contributed by atoms with Gasteiger partial charge in [0.1, 0.15) is 0 Å². The van der Waals surface area contributed by atoms with Gasteiger partial charge >= 0.3 is 0 Å². The molecule has 0 heterocycles. The molecule has 1 aromatic carbocycles. The summed E-state index contributed by atoms with van der Waals surface area (Å²) in [7, 11) is 4.94. The van der Waals surface area contributed by atoms with Gasteiger partial charge in [-0.3, -0.25) is 4.79 Å². The minimum atomic E-state index is -0.0259. The molecule has 0 aliphatic carbocycles. The van der Waals surface area contributed by atoms with Crippen molar-refractivity contribution in [3.05, 3.63) is 18.2 Å². The molecule has 4 heteroatoms. The zero-order chi connectivity index (χ0) is 14.6. The maximum atomic E-state index is 12.2. The van der Waals surface area contributed by atoms with Gasteiger partial charge in [0.25, 0.3) is 0 Å². The van der Waals surface area contributed by atoms with Crippen LogP contribution in [0, 0.1) is 5.41 Å². The normalized spacial score (nSPS) is 11.1. The third kappa shape index (κ3) is 4.16. The Labute approximate surface area is 115 Å². The van der Waals surface area contributed by atoms with Crippen molar-refractivity contribution in [3.63, 3.8) is 0 Å². The lowest BCUT2D eigenvalue weighted by molar-refractivity contribution is -0.120. The van der Waals surface area contributed by atoms with Gasteiger partial charge in [0.2, 0.25) is 5.91 Å². The number of hydrogen-bond acceptors (Lipinski definition) is 3. The van der Waals surface area contributed by atoms with Crippen molar-refractivity contribution in [1.29, 1.82) is 0 Å². The Morgan fingerprint density at radius 3 is 2.21 bits per heavy atom. The minimum absolute atomic E-state index is 0.0259. The second kappa shape index (κ2) is 5.95. The molecule has 0 saturated heterocycles. The summed E-state index contributed by atoms with van der Waals surface area (Å²) in [6, 6.07) is 5.45. The van der Waals surface area contributed by atoms with Crippen LogP contribution in [0.1, 0.15) is 27.2 Å². The summed E-state index contributed by atoms with van der Waals surface area (Å²) in [6.07, 6.45) is 0.498. The van der Waals surface area contributed by atoms with E-state index in [4.69, 9.17) is 9.47 Å². The van der Waals surface area contributed by atoms with E-state index in [1.165, 1.54) is 0 Å². The lowest BCUT2D eigenvalue weighted by Gasteiger charge is -2.24. The summed E-state index contributed by atoms with van der Waals surface area (Å²) < 4.78 is 10.4. The number of rotatable bonds is 4. The Morgan fingerprint density at radius 1 is 1.16 bits per heavy atom. The van der Waals surface area contributed by atoms with Gasteiger partial charge in [-0.2, -0.15) is 0 Å². The molecule has 4 nitrogen and oxygen atoms in total. The van der Waals surface area contributed by atoms with Crippen LogP contribution in [0.3, 0.4) is 0 Å². The molecule has 0 aliphatic heterocycles. The van der Waals surface area contributed by atoms with Crippen LogP contribution in [0.2, 0.25) is 0 Å². The van der Waals surface area contributed by atoms with E-state index < -0.39 is 0 Å². The molecule has 0 aliphatic rings. The smallest absolute Gasteiger partial charge is 0.227 e. The summed E-state index contributed by atoms with van der Waals surface area (Å²) in [4.78, 5) is 13.8. The molecule has 0 spiro atoms. The van der Waals surface area contributed by atoms with Gasteiger partial charge in [0.05, 0.1) is 14.2 Å². The molecule has 0 aromatic heterocycles. The third-order valence-electron chi connectivity index (χ3n) is 2.81. The second-order valence-corrected chi connectivity index (χ2v) is 5.73. The predicted molar refractivity (Wildman–Crippen MR) is 77.0 cm³/mol. The van der Waals surface area contributed by atoms with Gasteiger partial charge < -0.3 is 14.4 Å². The van der Waals surface area contributed by atoms with E-state index in [1.807, 2.05) is 26.8 Å². The lowest BCUT2D eigenvalue weighted by atomic mass is 9.91. The molecular weight excluding hydrogens is 242 g/mol. The molecule has 0 unspecified atom stereocenters. The van der Waals surface area contributed by atoms with Crippen molar-refractivity contribution in [2.24, 2.45) is 5.41 Å². The molecule has 19 heavy (non-hydrogen) atoms. The highest BCUT2D eigenvalue weighted by Crippen LogP contribution is 2.32. The van der Waals surface area contributed by atoms with E-state index in [9.17, 15) is 4.79 Å². The summed E-state index contributed by atoms with van der Waals surface area (Å²) in [5.41, 5.74) is 0.772. The number of benzene rings is 1. The monoisotopic (exact) mass is 265 g/mol. The maximum Gasteiger partial charge on any atom is 0.227 e. The minimum Gasteiger partial charge on any atom is -0.493 e. The van der Waals surface area contributed by atoms with Crippen molar-refractivity contribution in [3.8, 4) is 11.5 Å². The van der Waals surface area contributed by atoms with Crippen molar-refractivity contribution in [2.45, 2.75) is 27.2 Å². The molecule has 1 rings (SSSR count). The highest BCUT2D eigenvalue weighted by molar-refractivity contribution is 5.93. The fraction of sp³-hybridized carbons (Fsp3) is 0.533. The Balaban J connectivity index is 2.94. The molecule has 1 amide bonds. The Morgan fingerprint density at radius 2 is 1.74 bits per heavy atom. The molecule has 0 radical (unpaired) electrons. The van der Waals surface area contributed by atoms with Crippen LogP contribution >= 0.6 is 0 Å². The van der Waals surface area contributed by atoms with Gasteiger partial charge in [0, 0.05) is 25.2 Å². The highest BCUT2D eigenvalue weighted by atomic mass is 16.5. The summed E-state index contributed by atoms with van der Waals surface area (Å²) in [5.74, 6) is 1.36. The van der Waals surface area contributed by atoms with E-state index in [-0.39, 0.29) is 11.3 Å². The standard InChI is InChI=1S/C15H23NO3/c1-15(2,3)10-14(17)16(4)11-7-8-12(18-5)13(9-11)19-6/h7-9H,10H2,1-6H3. The number of methoxy groups -OCH3 is 2. The number of anilines is 1. The van der Waals surface area contributed by atoms with Crippen LogP contribution in [-0.2, 0) is 4.79 Å². The predicted octanol–water partition coefficient (Wildman–Crippen LogP) is 3.10. The van der Waals surface area contributed by atoms with Crippen molar-refractivity contribution in [2.75, 3.05) is 26.2 Å². The first-order chi connectivity index (χ1) is 8.78. The van der Waals surface area contributed by atoms with Crippen LogP contribution in [0.5, 0.6) is 11.5 Å². The summed E-state index contributed by atoms with van der Waals surface area (Å²) >= 11 is 0. The number of hydrogen-bond donors (Lipinski definition) is 0. The number of carbonyl (C=O) groups is 1. The SMILES string of the molecule is COc1ccc(N(C)C(=O)CC(C)(C)C)cc1OC. The van der Waals surface area contributed by atoms with E-state index in [2.05, 4.69) is 0 Å². The molecule has 0 fully saturated rings. The van der Waals surface area contributed by atoms with Crippen molar-refractivity contribution in [1.82, 2.24) is 0 Å².